The molecule has 17 heavy (non-hydrogen) atoms. The molecule has 0 spiro atoms. The Kier molecular flexibility index (Phi) is 8.57. The fourth-order valence-corrected chi connectivity index (χ4v) is 1.19. The molecule has 0 aliphatic carbocycles. The summed E-state index contributed by atoms with van der Waals surface area (Å²) in [5.41, 5.74) is 0. The number of hydrogen-bond acceptors (Lipinski definition) is 2. The summed E-state index contributed by atoms with van der Waals surface area (Å²) < 4.78 is 0. The Bertz CT molecular complexity index is 284. The number of aliphatic carboxylic acids is 1. The van der Waals surface area contributed by atoms with Crippen molar-refractivity contribution in [3.05, 3.63) is 0 Å². The Morgan fingerprint density at radius 1 is 1.29 bits per heavy atom. The molecular weight excluding hydrogens is 220 g/mol. The maximum Gasteiger partial charge on any atom is 0.314 e. The number of urea groups is 1. The van der Waals surface area contributed by atoms with Crippen LogP contribution in [0.25, 0.3) is 0 Å². The van der Waals surface area contributed by atoms with Crippen molar-refractivity contribution in [1.29, 1.82) is 0 Å². The number of hydrogen-bond donors (Lipinski definition) is 3. The zero-order valence-corrected chi connectivity index (χ0v) is 10.2. The summed E-state index contributed by atoms with van der Waals surface area (Å²) >= 11 is 0. The van der Waals surface area contributed by atoms with Crippen LogP contribution in [0.1, 0.15) is 32.6 Å². The zero-order chi connectivity index (χ0) is 13.1. The molecule has 1 unspecified atom stereocenters. The average molecular weight is 240 g/mol. The summed E-state index contributed by atoms with van der Waals surface area (Å²) in [6.07, 6.45) is 7.70. The molecule has 0 rings (SSSR count). The second-order valence-corrected chi connectivity index (χ2v) is 3.87. The summed E-state index contributed by atoms with van der Waals surface area (Å²) in [6.45, 7) is 2.70. The van der Waals surface area contributed by atoms with E-state index in [4.69, 9.17) is 11.5 Å². The number of terminal acetylenes is 1. The normalized spacial score (nSPS) is 11.3. The third-order valence-corrected chi connectivity index (χ3v) is 2.30. The van der Waals surface area contributed by atoms with Crippen molar-refractivity contribution in [2.45, 2.75) is 32.6 Å². The van der Waals surface area contributed by atoms with Gasteiger partial charge in [0.15, 0.2) is 0 Å². The number of carbonyl (C=O) groups excluding carboxylic acids is 1. The molecule has 3 N–H and O–H groups in total. The summed E-state index contributed by atoms with van der Waals surface area (Å²) in [5, 5.41) is 14.0. The van der Waals surface area contributed by atoms with Crippen LogP contribution in [0.4, 0.5) is 4.79 Å². The molecule has 5 nitrogen and oxygen atoms in total. The van der Waals surface area contributed by atoms with E-state index < -0.39 is 5.97 Å². The van der Waals surface area contributed by atoms with Crippen LogP contribution in [0.5, 0.6) is 0 Å². The summed E-state index contributed by atoms with van der Waals surface area (Å²) in [7, 11) is 0. The highest BCUT2D eigenvalue weighted by molar-refractivity contribution is 5.73. The first kappa shape index (κ1) is 15.3. The number of carboxylic acids is 1. The number of carboxylic acid groups (broad SMARTS) is 1. The van der Waals surface area contributed by atoms with Crippen molar-refractivity contribution in [2.75, 3.05) is 13.1 Å². The Morgan fingerprint density at radius 3 is 2.41 bits per heavy atom. The predicted octanol–water partition coefficient (Wildman–Crippen LogP) is 1.20. The standard InChI is InChI=1S/C12H20N2O3/c1-3-4-5-8-13-12(17)14-9-6-7-10(2)11(15)16/h1,10H,4-9H2,2H3,(H,15,16)(H2,13,14,17). The fourth-order valence-electron chi connectivity index (χ4n) is 1.19. The maximum absolute atomic E-state index is 11.2. The molecule has 0 fully saturated rings. The smallest absolute Gasteiger partial charge is 0.314 e. The van der Waals surface area contributed by atoms with Gasteiger partial charge in [0.1, 0.15) is 0 Å². The molecule has 0 heterocycles. The number of carbonyl (C=O) groups is 2. The molecule has 0 bridgehead atoms. The maximum atomic E-state index is 11.2. The van der Waals surface area contributed by atoms with Gasteiger partial charge in [-0.25, -0.2) is 4.79 Å². The van der Waals surface area contributed by atoms with Gasteiger partial charge >= 0.3 is 12.0 Å². The van der Waals surface area contributed by atoms with E-state index in [2.05, 4.69) is 16.6 Å². The molecule has 0 saturated heterocycles. The molecule has 0 saturated carbocycles. The van der Waals surface area contributed by atoms with Gasteiger partial charge in [-0.2, -0.15) is 0 Å². The van der Waals surface area contributed by atoms with Crippen molar-refractivity contribution in [3.8, 4) is 12.3 Å². The van der Waals surface area contributed by atoms with Crippen LogP contribution >= 0.6 is 0 Å². The van der Waals surface area contributed by atoms with Gasteiger partial charge in [-0.05, 0) is 19.3 Å². The van der Waals surface area contributed by atoms with Gasteiger partial charge in [-0.3, -0.25) is 4.79 Å². The minimum absolute atomic E-state index is 0.231. The highest BCUT2D eigenvalue weighted by Crippen LogP contribution is 2.03. The topological polar surface area (TPSA) is 78.4 Å². The van der Waals surface area contributed by atoms with E-state index in [0.717, 1.165) is 6.42 Å². The highest BCUT2D eigenvalue weighted by Gasteiger charge is 2.09. The van der Waals surface area contributed by atoms with Gasteiger partial charge in [0, 0.05) is 19.5 Å². The Labute approximate surface area is 102 Å². The van der Waals surface area contributed by atoms with E-state index in [9.17, 15) is 9.59 Å². The summed E-state index contributed by atoms with van der Waals surface area (Å²) in [4.78, 5) is 21.7. The average Bonchev–Trinajstić information content (AvgIpc) is 2.29. The van der Waals surface area contributed by atoms with Crippen LogP contribution in [0, 0.1) is 18.3 Å². The number of unbranched alkanes of at least 4 members (excludes halogenated alkanes) is 1. The lowest BCUT2D eigenvalue weighted by molar-refractivity contribution is -0.141. The van der Waals surface area contributed by atoms with Crippen molar-refractivity contribution in [1.82, 2.24) is 10.6 Å². The molecular formula is C12H20N2O3. The fraction of sp³-hybridized carbons (Fsp3) is 0.667. The second-order valence-electron chi connectivity index (χ2n) is 3.87. The Balaban J connectivity index is 3.40. The molecule has 0 aromatic heterocycles. The molecule has 0 radical (unpaired) electrons. The molecule has 96 valence electrons. The van der Waals surface area contributed by atoms with Crippen molar-refractivity contribution < 1.29 is 14.7 Å². The van der Waals surface area contributed by atoms with E-state index in [1.165, 1.54) is 0 Å². The monoisotopic (exact) mass is 240 g/mol. The van der Waals surface area contributed by atoms with Gasteiger partial charge < -0.3 is 15.7 Å². The first-order chi connectivity index (χ1) is 8.07. The van der Waals surface area contributed by atoms with Crippen LogP contribution in [-0.4, -0.2) is 30.2 Å². The van der Waals surface area contributed by atoms with Gasteiger partial charge in [-0.1, -0.05) is 6.92 Å². The largest absolute Gasteiger partial charge is 0.481 e. The lowest BCUT2D eigenvalue weighted by Gasteiger charge is -2.08. The molecule has 5 heteroatoms. The van der Waals surface area contributed by atoms with Crippen LogP contribution in [0.3, 0.4) is 0 Å². The first-order valence-corrected chi connectivity index (χ1v) is 5.76. The molecule has 0 aromatic carbocycles. The van der Waals surface area contributed by atoms with E-state index in [1.807, 2.05) is 0 Å². The molecule has 0 aliphatic heterocycles. The lowest BCUT2D eigenvalue weighted by atomic mass is 10.1. The van der Waals surface area contributed by atoms with E-state index in [1.54, 1.807) is 6.92 Å². The van der Waals surface area contributed by atoms with Crippen molar-refractivity contribution in [2.24, 2.45) is 5.92 Å². The molecule has 1 atom stereocenters. The van der Waals surface area contributed by atoms with Gasteiger partial charge in [0.05, 0.1) is 5.92 Å². The van der Waals surface area contributed by atoms with E-state index >= 15 is 0 Å². The van der Waals surface area contributed by atoms with Crippen LogP contribution in [0.2, 0.25) is 0 Å². The Hall–Kier alpha value is -1.70. The number of nitrogens with one attached hydrogen (secondary N) is 2. The number of rotatable bonds is 8. The van der Waals surface area contributed by atoms with Gasteiger partial charge in [0.2, 0.25) is 0 Å². The van der Waals surface area contributed by atoms with Crippen LogP contribution < -0.4 is 10.6 Å². The highest BCUT2D eigenvalue weighted by atomic mass is 16.4. The van der Waals surface area contributed by atoms with Crippen LogP contribution in [-0.2, 0) is 4.79 Å². The predicted molar refractivity (Wildman–Crippen MR) is 65.5 cm³/mol. The number of amides is 2. The summed E-state index contributed by atoms with van der Waals surface area (Å²) in [5.74, 6) is 1.32. The quantitative estimate of drug-likeness (QED) is 0.440. The first-order valence-electron chi connectivity index (χ1n) is 5.76. The Morgan fingerprint density at radius 2 is 1.88 bits per heavy atom. The SMILES string of the molecule is C#CCCCNC(=O)NCCCC(C)C(=O)O. The van der Waals surface area contributed by atoms with Crippen molar-refractivity contribution >= 4 is 12.0 Å². The van der Waals surface area contributed by atoms with Crippen molar-refractivity contribution in [3.63, 3.8) is 0 Å². The van der Waals surface area contributed by atoms with Gasteiger partial charge in [-0.15, -0.1) is 12.3 Å². The lowest BCUT2D eigenvalue weighted by Crippen LogP contribution is -2.36. The molecule has 0 aromatic rings. The van der Waals surface area contributed by atoms with Gasteiger partial charge in [0.25, 0.3) is 0 Å². The minimum atomic E-state index is -0.802. The van der Waals surface area contributed by atoms with E-state index in [-0.39, 0.29) is 11.9 Å². The molecule has 2 amide bonds. The molecule has 0 aliphatic rings. The third-order valence-electron chi connectivity index (χ3n) is 2.30. The second kappa shape index (κ2) is 9.52. The third kappa shape index (κ3) is 9.24. The zero-order valence-electron chi connectivity index (χ0n) is 10.2. The minimum Gasteiger partial charge on any atom is -0.481 e. The van der Waals surface area contributed by atoms with Crippen LogP contribution in [0.15, 0.2) is 0 Å². The summed E-state index contributed by atoms with van der Waals surface area (Å²) in [6, 6.07) is -0.231. The van der Waals surface area contributed by atoms with E-state index in [0.29, 0.717) is 32.4 Å².